The van der Waals surface area contributed by atoms with Crippen LogP contribution in [0.4, 0.5) is 13.2 Å². The highest BCUT2D eigenvalue weighted by molar-refractivity contribution is 7.87. The number of alkyl halides is 3. The van der Waals surface area contributed by atoms with E-state index in [1.165, 1.54) is 12.1 Å². The predicted molar refractivity (Wildman–Crippen MR) is 70.4 cm³/mol. The first kappa shape index (κ1) is 15.4. The van der Waals surface area contributed by atoms with Gasteiger partial charge >= 0.3 is 16.3 Å². The Morgan fingerprint density at radius 3 is 1.90 bits per heavy atom. The maximum absolute atomic E-state index is 12.4. The second-order valence-corrected chi connectivity index (χ2v) is 5.92. The van der Waals surface area contributed by atoms with Crippen molar-refractivity contribution in [1.29, 1.82) is 0 Å². The fourth-order valence-corrected chi connectivity index (χ4v) is 2.51. The van der Waals surface area contributed by atoms with Gasteiger partial charge in [-0.2, -0.15) is 21.6 Å². The van der Waals surface area contributed by atoms with Gasteiger partial charge in [0.15, 0.2) is 0 Å². The molecule has 112 valence electrons. The Morgan fingerprint density at radius 2 is 1.43 bits per heavy atom. The van der Waals surface area contributed by atoms with Crippen molar-refractivity contribution in [2.24, 2.45) is 0 Å². The summed E-state index contributed by atoms with van der Waals surface area (Å²) in [5, 5.41) is 0. The van der Waals surface area contributed by atoms with Crippen LogP contribution in [0.5, 0.6) is 5.75 Å². The number of aryl methyl sites for hydroxylation is 1. The third kappa shape index (κ3) is 3.75. The summed E-state index contributed by atoms with van der Waals surface area (Å²) in [6.45, 7) is 1.83. The summed E-state index contributed by atoms with van der Waals surface area (Å²) >= 11 is 0. The van der Waals surface area contributed by atoms with Gasteiger partial charge in [-0.1, -0.05) is 17.7 Å². The minimum absolute atomic E-state index is 0.0977. The molecule has 2 aromatic carbocycles. The van der Waals surface area contributed by atoms with Gasteiger partial charge in [0.05, 0.1) is 5.56 Å². The third-order valence-electron chi connectivity index (χ3n) is 2.70. The maximum atomic E-state index is 12.4. The summed E-state index contributed by atoms with van der Waals surface area (Å²) in [4.78, 5) is -0.337. The van der Waals surface area contributed by atoms with Crippen LogP contribution in [0.1, 0.15) is 11.1 Å². The summed E-state index contributed by atoms with van der Waals surface area (Å²) in [6, 6.07) is 9.40. The molecule has 3 nitrogen and oxygen atoms in total. The molecular weight excluding hydrogens is 305 g/mol. The quantitative estimate of drug-likeness (QED) is 0.809. The van der Waals surface area contributed by atoms with Crippen LogP contribution in [-0.4, -0.2) is 8.42 Å². The topological polar surface area (TPSA) is 43.4 Å². The van der Waals surface area contributed by atoms with E-state index in [4.69, 9.17) is 4.18 Å². The molecule has 2 aromatic rings. The Labute approximate surface area is 120 Å². The van der Waals surface area contributed by atoms with Gasteiger partial charge in [0.25, 0.3) is 0 Å². The van der Waals surface area contributed by atoms with Gasteiger partial charge in [-0.25, -0.2) is 0 Å². The van der Waals surface area contributed by atoms with Gasteiger partial charge in [0.2, 0.25) is 0 Å². The molecule has 0 fully saturated rings. The average molecular weight is 316 g/mol. The predicted octanol–water partition coefficient (Wildman–Crippen LogP) is 3.78. The van der Waals surface area contributed by atoms with Crippen molar-refractivity contribution < 1.29 is 25.8 Å². The smallest absolute Gasteiger partial charge is 0.379 e. The van der Waals surface area contributed by atoms with E-state index in [9.17, 15) is 21.6 Å². The molecule has 21 heavy (non-hydrogen) atoms. The minimum atomic E-state index is -4.51. The van der Waals surface area contributed by atoms with Crippen LogP contribution in [-0.2, 0) is 16.3 Å². The highest BCUT2D eigenvalue weighted by Crippen LogP contribution is 2.30. The van der Waals surface area contributed by atoms with E-state index in [1.54, 1.807) is 12.1 Å². The van der Waals surface area contributed by atoms with E-state index < -0.39 is 21.9 Å². The molecule has 0 atom stereocenters. The van der Waals surface area contributed by atoms with Crippen LogP contribution in [0.25, 0.3) is 0 Å². The van der Waals surface area contributed by atoms with Crippen LogP contribution in [0.15, 0.2) is 53.4 Å². The highest BCUT2D eigenvalue weighted by Gasteiger charge is 2.30. The first-order chi connectivity index (χ1) is 9.68. The van der Waals surface area contributed by atoms with Gasteiger partial charge in [-0.3, -0.25) is 0 Å². The van der Waals surface area contributed by atoms with E-state index in [0.717, 1.165) is 17.7 Å². The van der Waals surface area contributed by atoms with Crippen LogP contribution in [0.3, 0.4) is 0 Å². The second-order valence-electron chi connectivity index (χ2n) is 4.37. The molecule has 0 aliphatic rings. The van der Waals surface area contributed by atoms with Gasteiger partial charge in [-0.15, -0.1) is 0 Å². The molecule has 0 bridgehead atoms. The number of halogens is 3. The van der Waals surface area contributed by atoms with Crippen molar-refractivity contribution in [3.8, 4) is 5.75 Å². The zero-order chi connectivity index (χ0) is 15.7. The van der Waals surface area contributed by atoms with Gasteiger partial charge in [0.1, 0.15) is 10.6 Å². The molecule has 2 rings (SSSR count). The van der Waals surface area contributed by atoms with Crippen LogP contribution >= 0.6 is 0 Å². The second kappa shape index (κ2) is 5.40. The molecule has 0 radical (unpaired) electrons. The van der Waals surface area contributed by atoms with Crippen molar-refractivity contribution in [3.63, 3.8) is 0 Å². The molecule has 0 unspecified atom stereocenters. The molecule has 0 saturated carbocycles. The van der Waals surface area contributed by atoms with E-state index >= 15 is 0 Å². The van der Waals surface area contributed by atoms with Crippen molar-refractivity contribution in [3.05, 3.63) is 59.7 Å². The zero-order valence-electron chi connectivity index (χ0n) is 10.9. The van der Waals surface area contributed by atoms with Crippen molar-refractivity contribution >= 4 is 10.1 Å². The number of benzene rings is 2. The van der Waals surface area contributed by atoms with Crippen LogP contribution in [0, 0.1) is 6.92 Å². The van der Waals surface area contributed by atoms with Crippen molar-refractivity contribution in [1.82, 2.24) is 0 Å². The first-order valence-electron chi connectivity index (χ1n) is 5.87. The molecule has 0 amide bonds. The molecule has 0 spiro atoms. The molecule has 0 aliphatic heterocycles. The average Bonchev–Trinajstić information content (AvgIpc) is 2.40. The number of hydrogen-bond acceptors (Lipinski definition) is 3. The normalized spacial score (nSPS) is 12.2. The summed E-state index contributed by atoms with van der Waals surface area (Å²) in [6.07, 6.45) is -4.51. The molecule has 0 aromatic heterocycles. The lowest BCUT2D eigenvalue weighted by molar-refractivity contribution is -0.137. The lowest BCUT2D eigenvalue weighted by Crippen LogP contribution is -2.11. The largest absolute Gasteiger partial charge is 0.416 e. The molecule has 0 aliphatic carbocycles. The van der Waals surface area contributed by atoms with Gasteiger partial charge in [-0.05, 0) is 43.3 Å². The monoisotopic (exact) mass is 316 g/mol. The number of rotatable bonds is 3. The maximum Gasteiger partial charge on any atom is 0.416 e. The molecule has 0 N–H and O–H groups in total. The fraction of sp³-hybridized carbons (Fsp3) is 0.143. The van der Waals surface area contributed by atoms with Crippen molar-refractivity contribution in [2.75, 3.05) is 0 Å². The van der Waals surface area contributed by atoms with E-state index in [-0.39, 0.29) is 10.6 Å². The summed E-state index contributed by atoms with van der Waals surface area (Å²) in [7, 11) is -4.16. The van der Waals surface area contributed by atoms with Crippen LogP contribution in [0.2, 0.25) is 0 Å². The molecular formula is C14H11F3O3S. The van der Waals surface area contributed by atoms with Crippen molar-refractivity contribution in [2.45, 2.75) is 18.0 Å². The first-order valence-corrected chi connectivity index (χ1v) is 7.28. The Balaban J connectivity index is 2.25. The Hall–Kier alpha value is -2.02. The minimum Gasteiger partial charge on any atom is -0.379 e. The Kier molecular flexibility index (Phi) is 3.95. The van der Waals surface area contributed by atoms with E-state index in [2.05, 4.69) is 0 Å². The summed E-state index contributed by atoms with van der Waals surface area (Å²) in [5.41, 5.74) is 0.00561. The summed E-state index contributed by atoms with van der Waals surface area (Å²) in [5.74, 6) is 0.0977. The lowest BCUT2D eigenvalue weighted by atomic mass is 10.2. The standard InChI is InChI=1S/C14H11F3O3S/c1-10-2-6-12(7-3-10)20-21(18,19)13-8-4-11(5-9-13)14(15,16)17/h2-9H,1H3. The lowest BCUT2D eigenvalue weighted by Gasteiger charge is -2.09. The number of hydrogen-bond donors (Lipinski definition) is 0. The van der Waals surface area contributed by atoms with Crippen LogP contribution < -0.4 is 4.18 Å². The van der Waals surface area contributed by atoms with Gasteiger partial charge in [0, 0.05) is 0 Å². The Morgan fingerprint density at radius 1 is 0.905 bits per heavy atom. The molecule has 0 heterocycles. The fourth-order valence-electron chi connectivity index (χ4n) is 1.58. The van der Waals surface area contributed by atoms with Gasteiger partial charge < -0.3 is 4.18 Å². The van der Waals surface area contributed by atoms with E-state index in [0.29, 0.717) is 12.1 Å². The summed E-state index contributed by atoms with van der Waals surface area (Å²) < 4.78 is 66.0. The molecule has 0 saturated heterocycles. The highest BCUT2D eigenvalue weighted by atomic mass is 32.2. The van der Waals surface area contributed by atoms with E-state index in [1.807, 2.05) is 6.92 Å². The third-order valence-corrected chi connectivity index (χ3v) is 3.96. The Bertz CT molecular complexity index is 718. The molecule has 7 heteroatoms. The SMILES string of the molecule is Cc1ccc(OS(=O)(=O)c2ccc(C(F)(F)F)cc2)cc1. The zero-order valence-corrected chi connectivity index (χ0v) is 11.7.